The van der Waals surface area contributed by atoms with Crippen LogP contribution in [0.15, 0.2) is 23.2 Å². The van der Waals surface area contributed by atoms with Gasteiger partial charge in [-0.2, -0.15) is 0 Å². The van der Waals surface area contributed by atoms with Crippen molar-refractivity contribution < 1.29 is 13.5 Å². The molecule has 1 aromatic carbocycles. The quantitative estimate of drug-likeness (QED) is 0.397. The lowest BCUT2D eigenvalue weighted by Crippen LogP contribution is -2.53. The number of benzene rings is 1. The summed E-state index contributed by atoms with van der Waals surface area (Å²) in [7, 11) is 0. The number of ether oxygens (including phenoxy) is 1. The Labute approximate surface area is 177 Å². The molecular formula is C19H29F2IN4O. The van der Waals surface area contributed by atoms with Crippen molar-refractivity contribution >= 4 is 35.6 Å². The van der Waals surface area contributed by atoms with Crippen LogP contribution in [0.2, 0.25) is 0 Å². The summed E-state index contributed by atoms with van der Waals surface area (Å²) in [5.41, 5.74) is 0.440. The second kappa shape index (κ2) is 9.86. The minimum atomic E-state index is -0.411. The Hall–Kier alpha value is -1.16. The van der Waals surface area contributed by atoms with Crippen LogP contribution in [0.25, 0.3) is 0 Å². The van der Waals surface area contributed by atoms with E-state index >= 15 is 0 Å². The number of halogens is 3. The van der Waals surface area contributed by atoms with Crippen LogP contribution in [0, 0.1) is 17.0 Å². The molecule has 2 fully saturated rings. The van der Waals surface area contributed by atoms with E-state index in [1.807, 2.05) is 11.8 Å². The van der Waals surface area contributed by atoms with Crippen molar-refractivity contribution in [2.45, 2.75) is 20.3 Å². The molecule has 0 bridgehead atoms. The molecule has 1 unspecified atom stereocenters. The maximum Gasteiger partial charge on any atom is 0.194 e. The fourth-order valence-electron chi connectivity index (χ4n) is 3.41. The first-order chi connectivity index (χ1) is 12.5. The molecule has 2 heterocycles. The summed E-state index contributed by atoms with van der Waals surface area (Å²) < 4.78 is 33.0. The van der Waals surface area contributed by atoms with Crippen molar-refractivity contribution in [3.05, 3.63) is 29.8 Å². The smallest absolute Gasteiger partial charge is 0.194 e. The van der Waals surface area contributed by atoms with E-state index in [9.17, 15) is 8.78 Å². The molecule has 1 N–H and O–H groups in total. The average molecular weight is 494 g/mol. The van der Waals surface area contributed by atoms with E-state index in [-0.39, 0.29) is 35.2 Å². The van der Waals surface area contributed by atoms with Crippen LogP contribution in [0.3, 0.4) is 0 Å². The number of guanidine groups is 1. The second-order valence-corrected chi connectivity index (χ2v) is 7.35. The zero-order valence-corrected chi connectivity index (χ0v) is 18.3. The number of anilines is 1. The second-order valence-electron chi connectivity index (χ2n) is 7.35. The summed E-state index contributed by atoms with van der Waals surface area (Å²) in [4.78, 5) is 8.90. The van der Waals surface area contributed by atoms with Crippen LogP contribution in [0.4, 0.5) is 14.5 Å². The zero-order chi connectivity index (χ0) is 18.6. The number of hydrogen-bond donors (Lipinski definition) is 1. The van der Waals surface area contributed by atoms with Crippen molar-refractivity contribution in [3.63, 3.8) is 0 Å². The molecule has 2 saturated heterocycles. The van der Waals surface area contributed by atoms with E-state index in [1.165, 1.54) is 12.1 Å². The molecule has 8 heteroatoms. The van der Waals surface area contributed by atoms with Gasteiger partial charge in [0, 0.05) is 50.8 Å². The number of nitrogens with one attached hydrogen (secondary N) is 1. The zero-order valence-electron chi connectivity index (χ0n) is 16.0. The number of rotatable bonds is 4. The maximum absolute atomic E-state index is 14.0. The molecule has 1 aromatic rings. The van der Waals surface area contributed by atoms with E-state index < -0.39 is 5.82 Å². The van der Waals surface area contributed by atoms with Crippen molar-refractivity contribution in [1.82, 2.24) is 10.2 Å². The Bertz CT molecular complexity index is 645. The van der Waals surface area contributed by atoms with Gasteiger partial charge in [0.2, 0.25) is 0 Å². The average Bonchev–Trinajstić information content (AvgIpc) is 3.08. The number of nitrogens with zero attached hydrogens (tertiary/aromatic N) is 3. The van der Waals surface area contributed by atoms with Gasteiger partial charge in [-0.3, -0.25) is 4.99 Å². The van der Waals surface area contributed by atoms with E-state index in [0.29, 0.717) is 18.8 Å². The van der Waals surface area contributed by atoms with Crippen LogP contribution < -0.4 is 10.2 Å². The van der Waals surface area contributed by atoms with Crippen molar-refractivity contribution in [3.8, 4) is 0 Å². The first kappa shape index (κ1) is 22.1. The highest BCUT2D eigenvalue weighted by molar-refractivity contribution is 14.0. The van der Waals surface area contributed by atoms with Crippen molar-refractivity contribution in [2.24, 2.45) is 10.4 Å². The highest BCUT2D eigenvalue weighted by atomic mass is 127. The minimum absolute atomic E-state index is 0. The monoisotopic (exact) mass is 494 g/mol. The largest absolute Gasteiger partial charge is 0.381 e. The van der Waals surface area contributed by atoms with E-state index in [1.54, 1.807) is 0 Å². The first-order valence-corrected chi connectivity index (χ1v) is 9.32. The molecule has 152 valence electrons. The van der Waals surface area contributed by atoms with Crippen LogP contribution in [0.5, 0.6) is 0 Å². The first-order valence-electron chi connectivity index (χ1n) is 9.32. The lowest BCUT2D eigenvalue weighted by Gasteiger charge is -2.38. The Morgan fingerprint density at radius 1 is 1.26 bits per heavy atom. The van der Waals surface area contributed by atoms with Gasteiger partial charge in [0.25, 0.3) is 0 Å². The Balaban J connectivity index is 0.00000261. The van der Waals surface area contributed by atoms with Gasteiger partial charge in [-0.25, -0.2) is 8.78 Å². The fraction of sp³-hybridized carbons (Fsp3) is 0.632. The number of hydrogen-bond acceptors (Lipinski definition) is 3. The third kappa shape index (κ3) is 5.66. The van der Waals surface area contributed by atoms with E-state index in [2.05, 4.69) is 17.1 Å². The van der Waals surface area contributed by atoms with Gasteiger partial charge in [0.15, 0.2) is 5.96 Å². The molecular weight excluding hydrogens is 465 g/mol. The lowest BCUT2D eigenvalue weighted by atomic mass is 9.90. The predicted octanol–water partition coefficient (Wildman–Crippen LogP) is 3.10. The molecule has 0 amide bonds. The molecule has 0 aliphatic carbocycles. The number of aliphatic imine (C=N–C) groups is 1. The normalized spacial score (nSPS) is 23.3. The van der Waals surface area contributed by atoms with Crippen LogP contribution >= 0.6 is 24.0 Å². The molecule has 0 spiro atoms. The summed E-state index contributed by atoms with van der Waals surface area (Å²) in [6, 6.07) is 3.61. The molecule has 27 heavy (non-hydrogen) atoms. The van der Waals surface area contributed by atoms with Crippen LogP contribution in [-0.2, 0) is 4.74 Å². The van der Waals surface area contributed by atoms with Crippen molar-refractivity contribution in [2.75, 3.05) is 57.4 Å². The predicted molar refractivity (Wildman–Crippen MR) is 115 cm³/mol. The fourth-order valence-corrected chi connectivity index (χ4v) is 3.41. The molecule has 3 rings (SSSR count). The third-order valence-electron chi connectivity index (χ3n) is 5.07. The topological polar surface area (TPSA) is 40.1 Å². The SMILES string of the molecule is CCNC(=NCC1(C)CCOC1)N1CCN(c2cc(F)ccc2F)CC1.I. The van der Waals surface area contributed by atoms with Gasteiger partial charge in [-0.1, -0.05) is 6.92 Å². The highest BCUT2D eigenvalue weighted by Gasteiger charge is 2.30. The van der Waals surface area contributed by atoms with E-state index in [4.69, 9.17) is 9.73 Å². The molecule has 0 saturated carbocycles. The van der Waals surface area contributed by atoms with Gasteiger partial charge in [0.05, 0.1) is 18.8 Å². The summed E-state index contributed by atoms with van der Waals surface area (Å²) in [6.07, 6.45) is 1.03. The summed E-state index contributed by atoms with van der Waals surface area (Å²) in [5, 5.41) is 3.35. The molecule has 2 aliphatic rings. The van der Waals surface area contributed by atoms with Gasteiger partial charge in [-0.15, -0.1) is 24.0 Å². The van der Waals surface area contributed by atoms with Crippen LogP contribution in [-0.4, -0.2) is 63.3 Å². The van der Waals surface area contributed by atoms with Crippen LogP contribution in [0.1, 0.15) is 20.3 Å². The summed E-state index contributed by atoms with van der Waals surface area (Å²) in [5.74, 6) is 0.0975. The highest BCUT2D eigenvalue weighted by Crippen LogP contribution is 2.28. The third-order valence-corrected chi connectivity index (χ3v) is 5.07. The standard InChI is InChI=1S/C19H28F2N4O.HI/c1-3-22-18(23-13-19(2)6-11-26-14-19)25-9-7-24(8-10-25)17-12-15(20)4-5-16(17)21;/h4-5,12H,3,6-11,13-14H2,1-2H3,(H,22,23);1H. The van der Waals surface area contributed by atoms with Gasteiger partial charge in [-0.05, 0) is 25.5 Å². The molecule has 2 aliphatic heterocycles. The lowest BCUT2D eigenvalue weighted by molar-refractivity contribution is 0.162. The maximum atomic E-state index is 14.0. The Morgan fingerprint density at radius 3 is 2.63 bits per heavy atom. The van der Waals surface area contributed by atoms with E-state index in [0.717, 1.165) is 57.8 Å². The molecule has 5 nitrogen and oxygen atoms in total. The van der Waals surface area contributed by atoms with Gasteiger partial charge < -0.3 is 19.9 Å². The van der Waals surface area contributed by atoms with Gasteiger partial charge >= 0.3 is 0 Å². The molecule has 0 aromatic heterocycles. The summed E-state index contributed by atoms with van der Waals surface area (Å²) >= 11 is 0. The molecule has 1 atom stereocenters. The van der Waals surface area contributed by atoms with Crippen molar-refractivity contribution in [1.29, 1.82) is 0 Å². The van der Waals surface area contributed by atoms with Gasteiger partial charge in [0.1, 0.15) is 11.6 Å². The molecule has 0 radical (unpaired) electrons. The summed E-state index contributed by atoms with van der Waals surface area (Å²) in [6.45, 7) is 10.0. The number of piperazine rings is 1. The Morgan fingerprint density at radius 2 is 2.00 bits per heavy atom. The minimum Gasteiger partial charge on any atom is -0.381 e. The Kier molecular flexibility index (Phi) is 8.08.